The van der Waals surface area contributed by atoms with Crippen LogP contribution in [-0.2, 0) is 6.54 Å². The highest BCUT2D eigenvalue weighted by atomic mass is 35.5. The van der Waals surface area contributed by atoms with Crippen LogP contribution in [0.3, 0.4) is 0 Å². The van der Waals surface area contributed by atoms with Gasteiger partial charge in [0, 0.05) is 5.56 Å². The number of hydrogen-bond acceptors (Lipinski definition) is 0. The van der Waals surface area contributed by atoms with Gasteiger partial charge in [-0.05, 0) is 0 Å². The predicted molar refractivity (Wildman–Crippen MR) is 50.2 cm³/mol. The molecule has 0 bridgehead atoms. The summed E-state index contributed by atoms with van der Waals surface area (Å²) in [6.07, 6.45) is 0. The van der Waals surface area contributed by atoms with Crippen molar-refractivity contribution in [3.05, 3.63) is 35.9 Å². The third-order valence-electron chi connectivity index (χ3n) is 1.40. The van der Waals surface area contributed by atoms with Gasteiger partial charge in [-0.3, -0.25) is 0 Å². The second-order valence-corrected chi connectivity index (χ2v) is 2.87. The fraction of sp³-hybridized carbons (Fsp3) is 0.333. The summed E-state index contributed by atoms with van der Waals surface area (Å²) < 4.78 is 0. The second kappa shape index (κ2) is 5.16. The van der Waals surface area contributed by atoms with E-state index in [2.05, 4.69) is 44.4 Å². The molecule has 0 saturated heterocycles. The zero-order valence-corrected chi connectivity index (χ0v) is 7.82. The van der Waals surface area contributed by atoms with Gasteiger partial charge in [-0.2, -0.15) is 0 Å². The molecular formula is C9H15ClN+. The smallest absolute Gasteiger partial charge is 0.102 e. The molecule has 0 unspecified atom stereocenters. The highest BCUT2D eigenvalue weighted by Gasteiger charge is 1.93. The molecule has 0 heterocycles. The third kappa shape index (κ3) is 4.02. The molecule has 0 aliphatic heterocycles. The quantitative estimate of drug-likeness (QED) is 0.672. The normalized spacial score (nSPS) is 9.36. The molecule has 11 heavy (non-hydrogen) atoms. The van der Waals surface area contributed by atoms with Crippen LogP contribution in [0.5, 0.6) is 0 Å². The number of benzene rings is 1. The van der Waals surface area contributed by atoms with Gasteiger partial charge < -0.3 is 4.90 Å². The fourth-order valence-electron chi connectivity index (χ4n) is 1.00. The zero-order chi connectivity index (χ0) is 7.40. The lowest BCUT2D eigenvalue weighted by Crippen LogP contribution is -3.04. The van der Waals surface area contributed by atoms with Crippen molar-refractivity contribution in [1.82, 2.24) is 0 Å². The van der Waals surface area contributed by atoms with E-state index in [0.717, 1.165) is 6.54 Å². The van der Waals surface area contributed by atoms with Gasteiger partial charge in [-0.15, -0.1) is 12.4 Å². The summed E-state index contributed by atoms with van der Waals surface area (Å²) in [5, 5.41) is 0. The van der Waals surface area contributed by atoms with Crippen LogP contribution in [-0.4, -0.2) is 14.1 Å². The fourth-order valence-corrected chi connectivity index (χ4v) is 1.00. The molecule has 0 amide bonds. The molecule has 62 valence electrons. The molecule has 0 aliphatic carbocycles. The standard InChI is InChI=1S/C9H13N.ClH/c1-10(2)8-9-6-4-3-5-7-9;/h3-7H,8H2,1-2H3;1H/p+1. The maximum Gasteiger partial charge on any atom is 0.102 e. The van der Waals surface area contributed by atoms with Gasteiger partial charge in [-0.1, -0.05) is 30.3 Å². The van der Waals surface area contributed by atoms with Gasteiger partial charge in [0.2, 0.25) is 0 Å². The lowest BCUT2D eigenvalue weighted by Gasteiger charge is -2.05. The van der Waals surface area contributed by atoms with Gasteiger partial charge in [0.1, 0.15) is 6.54 Å². The molecule has 0 radical (unpaired) electrons. The van der Waals surface area contributed by atoms with Crippen molar-refractivity contribution >= 4 is 12.4 Å². The number of rotatable bonds is 2. The summed E-state index contributed by atoms with van der Waals surface area (Å²) in [6, 6.07) is 10.5. The van der Waals surface area contributed by atoms with Gasteiger partial charge >= 0.3 is 0 Å². The topological polar surface area (TPSA) is 4.44 Å². The molecule has 1 rings (SSSR count). The van der Waals surface area contributed by atoms with Crippen molar-refractivity contribution in [3.63, 3.8) is 0 Å². The Kier molecular flexibility index (Phi) is 4.92. The minimum Gasteiger partial charge on any atom is -0.336 e. The zero-order valence-electron chi connectivity index (χ0n) is 7.00. The highest BCUT2D eigenvalue weighted by Crippen LogP contribution is 1.94. The van der Waals surface area contributed by atoms with E-state index < -0.39 is 0 Å². The Hall–Kier alpha value is -0.530. The van der Waals surface area contributed by atoms with Crippen molar-refractivity contribution < 1.29 is 4.90 Å². The lowest BCUT2D eigenvalue weighted by molar-refractivity contribution is -0.872. The first-order valence-corrected chi connectivity index (χ1v) is 3.62. The summed E-state index contributed by atoms with van der Waals surface area (Å²) >= 11 is 0. The SMILES string of the molecule is C[NH+](C)Cc1ccccc1.Cl. The average Bonchev–Trinajstić information content (AvgIpc) is 1.88. The highest BCUT2D eigenvalue weighted by molar-refractivity contribution is 5.85. The first-order valence-electron chi connectivity index (χ1n) is 3.62. The minimum absolute atomic E-state index is 0. The van der Waals surface area contributed by atoms with Crippen molar-refractivity contribution in [2.24, 2.45) is 0 Å². The van der Waals surface area contributed by atoms with E-state index in [1.807, 2.05) is 0 Å². The molecule has 0 fully saturated rings. The molecule has 1 nitrogen and oxygen atoms in total. The van der Waals surface area contributed by atoms with E-state index in [-0.39, 0.29) is 12.4 Å². The summed E-state index contributed by atoms with van der Waals surface area (Å²) in [5.41, 5.74) is 1.41. The Bertz CT molecular complexity index is 184. The van der Waals surface area contributed by atoms with Crippen molar-refractivity contribution in [3.8, 4) is 0 Å². The molecule has 1 aromatic rings. The summed E-state index contributed by atoms with van der Waals surface area (Å²) in [4.78, 5) is 1.46. The van der Waals surface area contributed by atoms with E-state index in [9.17, 15) is 0 Å². The number of hydrogen-bond donors (Lipinski definition) is 1. The Morgan fingerprint density at radius 1 is 1.09 bits per heavy atom. The summed E-state index contributed by atoms with van der Waals surface area (Å²) in [7, 11) is 4.32. The Morgan fingerprint density at radius 3 is 2.09 bits per heavy atom. The average molecular weight is 173 g/mol. The number of nitrogens with one attached hydrogen (secondary N) is 1. The maximum atomic E-state index is 2.16. The third-order valence-corrected chi connectivity index (χ3v) is 1.40. The summed E-state index contributed by atoms with van der Waals surface area (Å²) in [6.45, 7) is 1.11. The van der Waals surface area contributed by atoms with Crippen LogP contribution in [0.4, 0.5) is 0 Å². The molecule has 0 aromatic heterocycles. The van der Waals surface area contributed by atoms with Crippen LogP contribution in [0, 0.1) is 0 Å². The minimum atomic E-state index is 0. The molecule has 0 atom stereocenters. The molecular weight excluding hydrogens is 158 g/mol. The van der Waals surface area contributed by atoms with Crippen LogP contribution in [0.25, 0.3) is 0 Å². The van der Waals surface area contributed by atoms with E-state index in [0.29, 0.717) is 0 Å². The lowest BCUT2D eigenvalue weighted by atomic mass is 10.2. The van der Waals surface area contributed by atoms with Crippen molar-refractivity contribution in [2.75, 3.05) is 14.1 Å². The van der Waals surface area contributed by atoms with Gasteiger partial charge in [-0.25, -0.2) is 0 Å². The van der Waals surface area contributed by atoms with E-state index in [4.69, 9.17) is 0 Å². The molecule has 1 aromatic carbocycles. The largest absolute Gasteiger partial charge is 0.336 e. The number of quaternary nitrogens is 1. The maximum absolute atomic E-state index is 2.16. The second-order valence-electron chi connectivity index (χ2n) is 2.87. The van der Waals surface area contributed by atoms with Crippen LogP contribution in [0.2, 0.25) is 0 Å². The Labute approximate surface area is 74.4 Å². The Balaban J connectivity index is 0.000001000. The van der Waals surface area contributed by atoms with E-state index in [1.165, 1.54) is 10.5 Å². The summed E-state index contributed by atoms with van der Waals surface area (Å²) in [5.74, 6) is 0. The molecule has 0 aliphatic rings. The molecule has 2 heteroatoms. The first kappa shape index (κ1) is 10.5. The van der Waals surface area contributed by atoms with E-state index >= 15 is 0 Å². The van der Waals surface area contributed by atoms with Crippen LogP contribution in [0.1, 0.15) is 5.56 Å². The first-order chi connectivity index (χ1) is 4.79. The van der Waals surface area contributed by atoms with Crippen LogP contribution < -0.4 is 4.90 Å². The van der Waals surface area contributed by atoms with Crippen LogP contribution >= 0.6 is 12.4 Å². The molecule has 0 spiro atoms. The molecule has 0 saturated carbocycles. The van der Waals surface area contributed by atoms with E-state index in [1.54, 1.807) is 0 Å². The van der Waals surface area contributed by atoms with Gasteiger partial charge in [0.15, 0.2) is 0 Å². The Morgan fingerprint density at radius 2 is 1.64 bits per heavy atom. The monoisotopic (exact) mass is 172 g/mol. The van der Waals surface area contributed by atoms with Crippen molar-refractivity contribution in [2.45, 2.75) is 6.54 Å². The number of halogens is 1. The van der Waals surface area contributed by atoms with Crippen molar-refractivity contribution in [1.29, 1.82) is 0 Å². The van der Waals surface area contributed by atoms with Gasteiger partial charge in [0.05, 0.1) is 14.1 Å². The van der Waals surface area contributed by atoms with Gasteiger partial charge in [0.25, 0.3) is 0 Å². The predicted octanol–water partition coefficient (Wildman–Crippen LogP) is 0.753. The molecule has 1 N–H and O–H groups in total. The van der Waals surface area contributed by atoms with Crippen LogP contribution in [0.15, 0.2) is 30.3 Å².